The Balaban J connectivity index is 2.33. The zero-order valence-corrected chi connectivity index (χ0v) is 12.1. The summed E-state index contributed by atoms with van der Waals surface area (Å²) in [6, 6.07) is 13.9. The Bertz CT molecular complexity index is 752. The summed E-state index contributed by atoms with van der Waals surface area (Å²) in [6.45, 7) is 5.45. The van der Waals surface area contributed by atoms with Gasteiger partial charge in [-0.05, 0) is 37.1 Å². The third-order valence-corrected chi connectivity index (χ3v) is 4.29. The number of aryl methyl sites for hydroxylation is 1. The minimum absolute atomic E-state index is 0.215. The molecule has 2 rings (SSSR count). The van der Waals surface area contributed by atoms with E-state index in [-0.39, 0.29) is 10.9 Å². The van der Waals surface area contributed by atoms with Crippen molar-refractivity contribution in [2.75, 3.05) is 4.72 Å². The molecule has 0 amide bonds. The van der Waals surface area contributed by atoms with Gasteiger partial charge in [0.25, 0.3) is 10.0 Å². The van der Waals surface area contributed by atoms with E-state index < -0.39 is 10.0 Å². The monoisotopic (exact) mass is 288 g/mol. The quantitative estimate of drug-likeness (QED) is 0.856. The number of allylic oxidation sites excluding steroid dienone is 1. The van der Waals surface area contributed by atoms with E-state index >= 15 is 0 Å². The zero-order chi connectivity index (χ0) is 15.5. The first-order chi connectivity index (χ1) is 9.88. The predicted molar refractivity (Wildman–Crippen MR) is 82.3 cm³/mol. The van der Waals surface area contributed by atoms with Gasteiger partial charge in [-0.15, -0.1) is 6.58 Å². The summed E-state index contributed by atoms with van der Waals surface area (Å²) >= 11 is 0. The third kappa shape index (κ3) is 3.27. The highest BCUT2D eigenvalue weighted by atomic mass is 32.2. The van der Waals surface area contributed by atoms with Crippen LogP contribution >= 0.6 is 0 Å². The smallest absolute Gasteiger partial charge is 0.261 e. The van der Waals surface area contributed by atoms with Crippen LogP contribution in [0.5, 0.6) is 0 Å². The molecule has 0 aromatic heterocycles. The van der Waals surface area contributed by atoms with Gasteiger partial charge >= 0.3 is 0 Å². The van der Waals surface area contributed by atoms with Gasteiger partial charge in [0.15, 0.2) is 0 Å². The van der Waals surface area contributed by atoms with Crippen molar-refractivity contribution < 1.29 is 9.79 Å². The fourth-order valence-electron chi connectivity index (χ4n) is 1.83. The van der Waals surface area contributed by atoms with Gasteiger partial charge in [-0.1, -0.05) is 41.9 Å². The van der Waals surface area contributed by atoms with Crippen LogP contribution in [0.3, 0.4) is 0 Å². The second-order valence-electron chi connectivity index (χ2n) is 4.50. The van der Waals surface area contributed by atoms with Crippen molar-refractivity contribution in [3.05, 3.63) is 72.3 Å². The summed E-state index contributed by atoms with van der Waals surface area (Å²) in [5.74, 6) is 0. The molecule has 2 aromatic rings. The molecule has 0 aliphatic carbocycles. The Labute approximate surface area is 121 Å². The zero-order valence-electron chi connectivity index (χ0n) is 12.3. The Morgan fingerprint density at radius 1 is 1.20 bits per heavy atom. The number of hydrogen-bond donors (Lipinski definition) is 1. The van der Waals surface area contributed by atoms with Gasteiger partial charge in [0.2, 0.25) is 0 Å². The van der Waals surface area contributed by atoms with E-state index in [4.69, 9.17) is 1.37 Å². The predicted octanol–water partition coefficient (Wildman–Crippen LogP) is 3.52. The molecule has 0 spiro atoms. The maximum atomic E-state index is 12.4. The lowest BCUT2D eigenvalue weighted by molar-refractivity contribution is 0.601. The van der Waals surface area contributed by atoms with Crippen LogP contribution in [-0.4, -0.2) is 8.42 Å². The highest BCUT2D eigenvalue weighted by Gasteiger charge is 2.15. The summed E-state index contributed by atoms with van der Waals surface area (Å²) in [4.78, 5) is 0.215. The number of sulfonamides is 1. The number of benzene rings is 2. The SMILES string of the molecule is [2H]C(=C)Cc1ccccc1NS(=O)(=O)c1ccc(C)cc1. The Morgan fingerprint density at radius 3 is 2.50 bits per heavy atom. The van der Waals surface area contributed by atoms with Crippen LogP contribution in [0.4, 0.5) is 5.69 Å². The number of anilines is 1. The molecular weight excluding hydrogens is 270 g/mol. The maximum absolute atomic E-state index is 12.4. The van der Waals surface area contributed by atoms with E-state index in [2.05, 4.69) is 11.3 Å². The molecule has 1 N–H and O–H groups in total. The molecule has 2 aromatic carbocycles. The van der Waals surface area contributed by atoms with Gasteiger partial charge in [0.05, 0.1) is 12.0 Å². The molecule has 0 unspecified atom stereocenters. The Hall–Kier alpha value is -2.07. The number of para-hydroxylation sites is 1. The van der Waals surface area contributed by atoms with Crippen LogP contribution in [0.2, 0.25) is 0 Å². The molecule has 0 bridgehead atoms. The van der Waals surface area contributed by atoms with Gasteiger partial charge in [-0.3, -0.25) is 4.72 Å². The van der Waals surface area contributed by atoms with Crippen molar-refractivity contribution >= 4 is 15.7 Å². The van der Waals surface area contributed by atoms with Crippen molar-refractivity contribution in [1.82, 2.24) is 0 Å². The summed E-state index contributed by atoms with van der Waals surface area (Å²) in [6.07, 6.45) is 0.312. The molecule has 104 valence electrons. The van der Waals surface area contributed by atoms with Gasteiger partial charge in [-0.2, -0.15) is 0 Å². The lowest BCUT2D eigenvalue weighted by atomic mass is 10.1. The van der Waals surface area contributed by atoms with Gasteiger partial charge in [0, 0.05) is 0 Å². The minimum Gasteiger partial charge on any atom is -0.279 e. The van der Waals surface area contributed by atoms with Crippen molar-refractivity contribution in [3.63, 3.8) is 0 Å². The van der Waals surface area contributed by atoms with E-state index in [1.807, 2.05) is 13.0 Å². The summed E-state index contributed by atoms with van der Waals surface area (Å²) in [7, 11) is -3.63. The number of hydrogen-bond acceptors (Lipinski definition) is 2. The van der Waals surface area contributed by atoms with E-state index in [9.17, 15) is 8.42 Å². The molecule has 0 saturated heterocycles. The Kier molecular flexibility index (Phi) is 3.83. The van der Waals surface area contributed by atoms with Crippen LogP contribution in [0.25, 0.3) is 0 Å². The Morgan fingerprint density at radius 2 is 1.85 bits per heavy atom. The molecule has 0 saturated carbocycles. The molecule has 0 atom stereocenters. The number of nitrogens with one attached hydrogen (secondary N) is 1. The summed E-state index contributed by atoms with van der Waals surface area (Å²) < 4.78 is 34.8. The van der Waals surface area contributed by atoms with E-state index in [1.54, 1.807) is 42.5 Å². The molecule has 0 aliphatic rings. The highest BCUT2D eigenvalue weighted by molar-refractivity contribution is 7.92. The fourth-order valence-corrected chi connectivity index (χ4v) is 2.93. The first kappa shape index (κ1) is 12.9. The summed E-state index contributed by atoms with van der Waals surface area (Å²) in [5, 5.41) is 0. The second-order valence-corrected chi connectivity index (χ2v) is 6.18. The molecule has 0 heterocycles. The maximum Gasteiger partial charge on any atom is 0.261 e. The molecule has 20 heavy (non-hydrogen) atoms. The van der Waals surface area contributed by atoms with E-state index in [0.29, 0.717) is 12.1 Å². The van der Waals surface area contributed by atoms with Crippen molar-refractivity contribution in [1.29, 1.82) is 0 Å². The fraction of sp³-hybridized carbons (Fsp3) is 0.125. The van der Waals surface area contributed by atoms with Gasteiger partial charge in [0.1, 0.15) is 0 Å². The second kappa shape index (κ2) is 5.92. The van der Waals surface area contributed by atoms with Crippen LogP contribution in [0.15, 0.2) is 66.1 Å². The van der Waals surface area contributed by atoms with Crippen LogP contribution < -0.4 is 4.72 Å². The molecule has 0 radical (unpaired) electrons. The average molecular weight is 288 g/mol. The van der Waals surface area contributed by atoms with Crippen molar-refractivity contribution in [2.24, 2.45) is 0 Å². The molecular formula is C16H17NO2S. The molecule has 0 aliphatic heterocycles. The van der Waals surface area contributed by atoms with Gasteiger partial charge < -0.3 is 0 Å². The highest BCUT2D eigenvalue weighted by Crippen LogP contribution is 2.21. The molecule has 4 heteroatoms. The summed E-state index contributed by atoms with van der Waals surface area (Å²) in [5.41, 5.74) is 2.21. The van der Waals surface area contributed by atoms with Crippen LogP contribution in [0, 0.1) is 6.92 Å². The lowest BCUT2D eigenvalue weighted by Crippen LogP contribution is -2.14. The first-order valence-corrected chi connectivity index (χ1v) is 7.68. The molecule has 3 nitrogen and oxygen atoms in total. The van der Waals surface area contributed by atoms with E-state index in [1.165, 1.54) is 0 Å². The molecule has 0 fully saturated rings. The number of rotatable bonds is 5. The van der Waals surface area contributed by atoms with E-state index in [0.717, 1.165) is 11.1 Å². The average Bonchev–Trinajstić information content (AvgIpc) is 2.40. The topological polar surface area (TPSA) is 46.2 Å². The van der Waals surface area contributed by atoms with Crippen LogP contribution in [-0.2, 0) is 16.4 Å². The first-order valence-electron chi connectivity index (χ1n) is 6.70. The largest absolute Gasteiger partial charge is 0.279 e. The van der Waals surface area contributed by atoms with Gasteiger partial charge in [-0.25, -0.2) is 8.42 Å². The lowest BCUT2D eigenvalue weighted by Gasteiger charge is -2.11. The van der Waals surface area contributed by atoms with Crippen LogP contribution in [0.1, 0.15) is 12.5 Å². The third-order valence-electron chi connectivity index (χ3n) is 2.91. The normalized spacial score (nSPS) is 11.8. The van der Waals surface area contributed by atoms with Crippen molar-refractivity contribution in [2.45, 2.75) is 18.2 Å². The van der Waals surface area contributed by atoms with Crippen molar-refractivity contribution in [3.8, 4) is 0 Å². The minimum atomic E-state index is -3.63. The standard InChI is InChI=1S/C16H17NO2S/c1-3-6-14-7-4-5-8-16(14)17-20(18,19)15-11-9-13(2)10-12-15/h3-5,7-12,17H,1,6H2,2H3/i3D.